The minimum atomic E-state index is -0.668. The zero-order valence-electron chi connectivity index (χ0n) is 11.9. The van der Waals surface area contributed by atoms with Gasteiger partial charge in [-0.3, -0.25) is 0 Å². The van der Waals surface area contributed by atoms with E-state index >= 15 is 0 Å². The van der Waals surface area contributed by atoms with Crippen molar-refractivity contribution in [2.45, 2.75) is 19.3 Å². The SMILES string of the molecule is C=CC(=O)OCCOC(C)OCCOCC1COC(=O)O1. The van der Waals surface area contributed by atoms with Gasteiger partial charge in [0.1, 0.15) is 13.2 Å². The van der Waals surface area contributed by atoms with Crippen LogP contribution < -0.4 is 0 Å². The highest BCUT2D eigenvalue weighted by molar-refractivity contribution is 5.81. The van der Waals surface area contributed by atoms with Crippen LogP contribution in [0.25, 0.3) is 0 Å². The average Bonchev–Trinajstić information content (AvgIpc) is 2.88. The van der Waals surface area contributed by atoms with Gasteiger partial charge in [-0.25, -0.2) is 9.59 Å². The zero-order chi connectivity index (χ0) is 15.5. The number of hydrogen-bond donors (Lipinski definition) is 0. The summed E-state index contributed by atoms with van der Waals surface area (Å²) >= 11 is 0. The van der Waals surface area contributed by atoms with Crippen LogP contribution >= 0.6 is 0 Å². The van der Waals surface area contributed by atoms with E-state index in [0.717, 1.165) is 6.08 Å². The second kappa shape index (κ2) is 10.1. The summed E-state index contributed by atoms with van der Waals surface area (Å²) in [5, 5.41) is 0. The molecule has 0 aromatic rings. The van der Waals surface area contributed by atoms with Crippen molar-refractivity contribution < 1.29 is 38.0 Å². The van der Waals surface area contributed by atoms with Crippen molar-refractivity contribution in [2.24, 2.45) is 0 Å². The van der Waals surface area contributed by atoms with Gasteiger partial charge < -0.3 is 28.4 Å². The molecule has 120 valence electrons. The maximum absolute atomic E-state index is 10.7. The van der Waals surface area contributed by atoms with Crippen molar-refractivity contribution in [3.05, 3.63) is 12.7 Å². The third-order valence-corrected chi connectivity index (χ3v) is 2.38. The standard InChI is InChI=1S/C13H20O8/c1-3-12(14)19-7-6-18-10(2)17-5-4-16-8-11-9-20-13(15)21-11/h3,10-11H,1,4-9H2,2H3. The van der Waals surface area contributed by atoms with Crippen molar-refractivity contribution in [1.29, 1.82) is 0 Å². The molecule has 0 amide bonds. The van der Waals surface area contributed by atoms with E-state index in [1.54, 1.807) is 6.92 Å². The minimum Gasteiger partial charge on any atom is -0.460 e. The molecule has 1 saturated heterocycles. The Bertz CT molecular complexity index is 343. The van der Waals surface area contributed by atoms with Crippen molar-refractivity contribution in [1.82, 2.24) is 0 Å². The van der Waals surface area contributed by atoms with E-state index in [-0.39, 0.29) is 32.5 Å². The molecule has 0 radical (unpaired) electrons. The Balaban J connectivity index is 1.89. The summed E-state index contributed by atoms with van der Waals surface area (Å²) in [5.74, 6) is -0.489. The van der Waals surface area contributed by atoms with Gasteiger partial charge in [0.25, 0.3) is 0 Å². The van der Waals surface area contributed by atoms with E-state index in [1.165, 1.54) is 0 Å². The topological polar surface area (TPSA) is 89.5 Å². The molecule has 1 rings (SSSR count). The van der Waals surface area contributed by atoms with Crippen LogP contribution in [0.3, 0.4) is 0 Å². The van der Waals surface area contributed by atoms with Crippen molar-refractivity contribution in [2.75, 3.05) is 39.6 Å². The van der Waals surface area contributed by atoms with E-state index in [4.69, 9.17) is 23.7 Å². The molecule has 21 heavy (non-hydrogen) atoms. The van der Waals surface area contributed by atoms with E-state index in [0.29, 0.717) is 13.2 Å². The van der Waals surface area contributed by atoms with Crippen molar-refractivity contribution in [3.63, 3.8) is 0 Å². The van der Waals surface area contributed by atoms with Gasteiger partial charge in [0.2, 0.25) is 0 Å². The first kappa shape index (κ1) is 17.4. The van der Waals surface area contributed by atoms with Gasteiger partial charge in [-0.15, -0.1) is 0 Å². The Kier molecular flexibility index (Phi) is 8.41. The lowest BCUT2D eigenvalue weighted by Gasteiger charge is -2.14. The average molecular weight is 304 g/mol. The first-order chi connectivity index (χ1) is 10.1. The molecule has 1 aliphatic heterocycles. The van der Waals surface area contributed by atoms with Gasteiger partial charge >= 0.3 is 12.1 Å². The zero-order valence-corrected chi connectivity index (χ0v) is 11.9. The van der Waals surface area contributed by atoms with Gasteiger partial charge in [0.15, 0.2) is 12.4 Å². The van der Waals surface area contributed by atoms with Gasteiger partial charge in [-0.2, -0.15) is 0 Å². The molecular weight excluding hydrogens is 284 g/mol. The fourth-order valence-corrected chi connectivity index (χ4v) is 1.40. The van der Waals surface area contributed by atoms with E-state index < -0.39 is 18.4 Å². The normalized spacial score (nSPS) is 18.7. The summed E-state index contributed by atoms with van der Waals surface area (Å²) in [7, 11) is 0. The Morgan fingerprint density at radius 1 is 1.38 bits per heavy atom. The molecule has 0 aromatic carbocycles. The predicted molar refractivity (Wildman–Crippen MR) is 69.6 cm³/mol. The lowest BCUT2D eigenvalue weighted by molar-refractivity contribution is -0.157. The van der Waals surface area contributed by atoms with Crippen LogP contribution in [-0.2, 0) is 33.2 Å². The smallest absolute Gasteiger partial charge is 0.460 e. The number of hydrogen-bond acceptors (Lipinski definition) is 8. The summed E-state index contributed by atoms with van der Waals surface area (Å²) in [6.07, 6.45) is -0.377. The fraction of sp³-hybridized carbons (Fsp3) is 0.692. The van der Waals surface area contributed by atoms with E-state index in [1.807, 2.05) is 0 Å². The predicted octanol–water partition coefficient (Wildman–Crippen LogP) is 0.647. The Morgan fingerprint density at radius 3 is 2.71 bits per heavy atom. The van der Waals surface area contributed by atoms with Crippen molar-refractivity contribution >= 4 is 12.1 Å². The number of carbonyl (C=O) groups excluding carboxylic acids is 2. The van der Waals surface area contributed by atoms with Crippen LogP contribution in [-0.4, -0.2) is 64.2 Å². The van der Waals surface area contributed by atoms with Crippen LogP contribution in [0.4, 0.5) is 4.79 Å². The van der Waals surface area contributed by atoms with Crippen molar-refractivity contribution in [3.8, 4) is 0 Å². The van der Waals surface area contributed by atoms with Crippen LogP contribution in [0, 0.1) is 0 Å². The molecule has 0 saturated carbocycles. The highest BCUT2D eigenvalue weighted by Crippen LogP contribution is 2.06. The fourth-order valence-electron chi connectivity index (χ4n) is 1.40. The minimum absolute atomic E-state index is 0.141. The summed E-state index contributed by atoms with van der Waals surface area (Å²) in [6, 6.07) is 0. The Morgan fingerprint density at radius 2 is 2.10 bits per heavy atom. The molecule has 1 fully saturated rings. The molecular formula is C13H20O8. The quantitative estimate of drug-likeness (QED) is 0.238. The summed E-state index contributed by atoms with van der Waals surface area (Å²) in [6.45, 7) is 6.52. The van der Waals surface area contributed by atoms with E-state index in [9.17, 15) is 9.59 Å². The Labute approximate surface area is 122 Å². The second-order valence-corrected chi connectivity index (χ2v) is 4.06. The molecule has 1 heterocycles. The van der Waals surface area contributed by atoms with Gasteiger partial charge in [0.05, 0.1) is 26.4 Å². The second-order valence-electron chi connectivity index (χ2n) is 4.06. The molecule has 0 N–H and O–H groups in total. The lowest BCUT2D eigenvalue weighted by atomic mass is 10.4. The lowest BCUT2D eigenvalue weighted by Crippen LogP contribution is -2.22. The molecule has 8 heteroatoms. The van der Waals surface area contributed by atoms with Crippen LogP contribution in [0.15, 0.2) is 12.7 Å². The molecule has 2 unspecified atom stereocenters. The number of carbonyl (C=O) groups is 2. The van der Waals surface area contributed by atoms with Gasteiger partial charge in [0, 0.05) is 6.08 Å². The molecule has 0 aliphatic carbocycles. The monoisotopic (exact) mass is 304 g/mol. The summed E-state index contributed by atoms with van der Waals surface area (Å²) in [4.78, 5) is 21.4. The first-order valence-electron chi connectivity index (χ1n) is 6.55. The highest BCUT2D eigenvalue weighted by atomic mass is 16.8. The molecule has 8 nitrogen and oxygen atoms in total. The maximum atomic E-state index is 10.7. The molecule has 1 aliphatic rings. The molecule has 0 spiro atoms. The van der Waals surface area contributed by atoms with Crippen LogP contribution in [0.2, 0.25) is 0 Å². The maximum Gasteiger partial charge on any atom is 0.508 e. The Hall–Kier alpha value is -1.64. The summed E-state index contributed by atoms with van der Waals surface area (Å²) < 4.78 is 30.0. The number of rotatable bonds is 11. The summed E-state index contributed by atoms with van der Waals surface area (Å²) in [5.41, 5.74) is 0. The van der Waals surface area contributed by atoms with Gasteiger partial charge in [-0.05, 0) is 6.92 Å². The third-order valence-electron chi connectivity index (χ3n) is 2.38. The molecule has 2 atom stereocenters. The van der Waals surface area contributed by atoms with Gasteiger partial charge in [-0.1, -0.05) is 6.58 Å². The van der Waals surface area contributed by atoms with Crippen LogP contribution in [0.5, 0.6) is 0 Å². The first-order valence-corrected chi connectivity index (χ1v) is 6.55. The number of cyclic esters (lactones) is 2. The number of ether oxygens (including phenoxy) is 6. The third kappa shape index (κ3) is 8.28. The van der Waals surface area contributed by atoms with Crippen LogP contribution in [0.1, 0.15) is 6.92 Å². The highest BCUT2D eigenvalue weighted by Gasteiger charge is 2.24. The number of esters is 1. The van der Waals surface area contributed by atoms with E-state index in [2.05, 4.69) is 11.3 Å². The largest absolute Gasteiger partial charge is 0.508 e. The molecule has 0 aromatic heterocycles. The molecule has 0 bridgehead atoms.